The van der Waals surface area contributed by atoms with Gasteiger partial charge in [-0.25, -0.2) is 0 Å². The van der Waals surface area contributed by atoms with E-state index in [1.165, 1.54) is 64.6 Å². The van der Waals surface area contributed by atoms with E-state index in [2.05, 4.69) is 25.7 Å². The first-order valence-electron chi connectivity index (χ1n) is 6.86. The monoisotopic (exact) mass is 211 g/mol. The Morgan fingerprint density at radius 3 is 2.27 bits per heavy atom. The average Bonchev–Trinajstić information content (AvgIpc) is 2.70. The molecule has 1 saturated heterocycles. The van der Waals surface area contributed by atoms with Gasteiger partial charge in [0.2, 0.25) is 0 Å². The maximum absolute atomic E-state index is 2.63. The molecule has 0 saturated carbocycles. The van der Waals surface area contributed by atoms with Gasteiger partial charge in [-0.2, -0.15) is 0 Å². The first-order chi connectivity index (χ1) is 7.14. The number of likely N-dealkylation sites (tertiary alicyclic amines) is 1. The Morgan fingerprint density at radius 1 is 1.00 bits per heavy atom. The van der Waals surface area contributed by atoms with E-state index >= 15 is 0 Å². The summed E-state index contributed by atoms with van der Waals surface area (Å²) in [5.74, 6) is 0. The molecule has 0 aromatic rings. The van der Waals surface area contributed by atoms with Crippen molar-refractivity contribution in [2.45, 2.75) is 65.7 Å². The van der Waals surface area contributed by atoms with E-state index in [9.17, 15) is 0 Å². The summed E-state index contributed by atoms with van der Waals surface area (Å²) >= 11 is 0. The van der Waals surface area contributed by atoms with Crippen molar-refractivity contribution < 1.29 is 0 Å². The van der Waals surface area contributed by atoms with Gasteiger partial charge < -0.3 is 4.90 Å². The summed E-state index contributed by atoms with van der Waals surface area (Å²) in [7, 11) is 0. The zero-order valence-electron chi connectivity index (χ0n) is 11.0. The summed E-state index contributed by atoms with van der Waals surface area (Å²) in [5.41, 5.74) is 0.577. The lowest BCUT2D eigenvalue weighted by molar-refractivity contribution is 0.293. The smallest absolute Gasteiger partial charge is 0.00183 e. The molecule has 0 N–H and O–H groups in total. The third kappa shape index (κ3) is 5.55. The Bertz CT molecular complexity index is 157. The quantitative estimate of drug-likeness (QED) is 0.574. The summed E-state index contributed by atoms with van der Waals surface area (Å²) in [6.45, 7) is 11.2. The van der Waals surface area contributed by atoms with Crippen LogP contribution in [0.3, 0.4) is 0 Å². The summed E-state index contributed by atoms with van der Waals surface area (Å²) in [6.07, 6.45) is 9.86. The van der Waals surface area contributed by atoms with Gasteiger partial charge in [-0.3, -0.25) is 0 Å². The predicted octanol–water partition coefficient (Wildman–Crippen LogP) is 4.08. The van der Waals surface area contributed by atoms with Gasteiger partial charge in [0.15, 0.2) is 0 Å². The highest BCUT2D eigenvalue weighted by atomic mass is 15.1. The largest absolute Gasteiger partial charge is 0.303 e. The minimum Gasteiger partial charge on any atom is -0.303 e. The summed E-state index contributed by atoms with van der Waals surface area (Å²) in [4.78, 5) is 2.63. The summed E-state index contributed by atoms with van der Waals surface area (Å²) < 4.78 is 0. The van der Waals surface area contributed by atoms with Gasteiger partial charge in [-0.05, 0) is 50.7 Å². The van der Waals surface area contributed by atoms with Crippen molar-refractivity contribution in [2.75, 3.05) is 19.6 Å². The first kappa shape index (κ1) is 13.0. The second kappa shape index (κ2) is 6.52. The van der Waals surface area contributed by atoms with Crippen LogP contribution in [0.5, 0.6) is 0 Å². The molecular formula is C14H29N. The minimum atomic E-state index is 0.577. The van der Waals surface area contributed by atoms with Gasteiger partial charge in [0.05, 0.1) is 0 Å². The number of unbranched alkanes of at least 4 members (excludes halogenated alkanes) is 2. The molecule has 0 aromatic heterocycles. The maximum Gasteiger partial charge on any atom is -0.00183 e. The molecular weight excluding hydrogens is 182 g/mol. The molecule has 0 amide bonds. The summed E-state index contributed by atoms with van der Waals surface area (Å²) in [6, 6.07) is 0. The molecule has 0 bridgehead atoms. The highest BCUT2D eigenvalue weighted by molar-refractivity contribution is 4.68. The molecule has 0 unspecified atom stereocenters. The van der Waals surface area contributed by atoms with E-state index in [1.807, 2.05) is 0 Å². The molecule has 0 atom stereocenters. The molecule has 1 fully saturated rings. The van der Waals surface area contributed by atoms with Crippen LogP contribution in [0.4, 0.5) is 0 Å². The third-order valence-electron chi connectivity index (χ3n) is 3.98. The molecule has 0 aromatic carbocycles. The minimum absolute atomic E-state index is 0.577. The van der Waals surface area contributed by atoms with Crippen molar-refractivity contribution >= 4 is 0 Å². The Balaban J connectivity index is 1.92. The van der Waals surface area contributed by atoms with E-state index in [1.54, 1.807) is 0 Å². The maximum atomic E-state index is 2.63. The van der Waals surface area contributed by atoms with Crippen LogP contribution in [-0.4, -0.2) is 24.5 Å². The molecule has 90 valence electrons. The lowest BCUT2D eigenvalue weighted by Crippen LogP contribution is -2.20. The fourth-order valence-corrected chi connectivity index (χ4v) is 2.30. The molecule has 1 aliphatic heterocycles. The SMILES string of the molecule is CCC(C)(C)CCCCCN1CCCC1. The van der Waals surface area contributed by atoms with E-state index in [0.717, 1.165) is 0 Å². The van der Waals surface area contributed by atoms with Crippen molar-refractivity contribution in [2.24, 2.45) is 5.41 Å². The second-order valence-electron chi connectivity index (χ2n) is 5.88. The van der Waals surface area contributed by atoms with Crippen LogP contribution in [0.1, 0.15) is 65.7 Å². The van der Waals surface area contributed by atoms with Crippen LogP contribution in [-0.2, 0) is 0 Å². The standard InChI is InChI=1S/C14H29N/c1-4-14(2,3)10-6-5-7-11-15-12-8-9-13-15/h4-13H2,1-3H3. The molecule has 1 aliphatic rings. The van der Waals surface area contributed by atoms with Crippen LogP contribution >= 0.6 is 0 Å². The predicted molar refractivity (Wildman–Crippen MR) is 68.2 cm³/mol. The van der Waals surface area contributed by atoms with E-state index in [-0.39, 0.29) is 0 Å². The first-order valence-corrected chi connectivity index (χ1v) is 6.86. The van der Waals surface area contributed by atoms with Crippen molar-refractivity contribution in [1.29, 1.82) is 0 Å². The van der Waals surface area contributed by atoms with Crippen LogP contribution in [0.2, 0.25) is 0 Å². The Kier molecular flexibility index (Phi) is 5.66. The van der Waals surface area contributed by atoms with Gasteiger partial charge in [-0.15, -0.1) is 0 Å². The third-order valence-corrected chi connectivity index (χ3v) is 3.98. The highest BCUT2D eigenvalue weighted by Gasteiger charge is 2.14. The second-order valence-corrected chi connectivity index (χ2v) is 5.88. The average molecular weight is 211 g/mol. The molecule has 15 heavy (non-hydrogen) atoms. The molecule has 1 heteroatoms. The van der Waals surface area contributed by atoms with Crippen LogP contribution in [0.25, 0.3) is 0 Å². The van der Waals surface area contributed by atoms with Gasteiger partial charge in [0, 0.05) is 0 Å². The lowest BCUT2D eigenvalue weighted by Gasteiger charge is -2.22. The van der Waals surface area contributed by atoms with Crippen molar-refractivity contribution in [1.82, 2.24) is 4.90 Å². The molecule has 0 radical (unpaired) electrons. The number of rotatable bonds is 7. The van der Waals surface area contributed by atoms with Crippen LogP contribution in [0.15, 0.2) is 0 Å². The van der Waals surface area contributed by atoms with Gasteiger partial charge >= 0.3 is 0 Å². The molecule has 0 aliphatic carbocycles. The zero-order valence-corrected chi connectivity index (χ0v) is 11.0. The topological polar surface area (TPSA) is 3.24 Å². The Labute approximate surface area is 96.2 Å². The molecule has 1 rings (SSSR count). The normalized spacial score (nSPS) is 18.6. The highest BCUT2D eigenvalue weighted by Crippen LogP contribution is 2.27. The molecule has 1 nitrogen and oxygen atoms in total. The Morgan fingerprint density at radius 2 is 1.67 bits per heavy atom. The van der Waals surface area contributed by atoms with E-state index in [4.69, 9.17) is 0 Å². The van der Waals surface area contributed by atoms with Crippen molar-refractivity contribution in [3.63, 3.8) is 0 Å². The number of nitrogens with zero attached hydrogens (tertiary/aromatic N) is 1. The Hall–Kier alpha value is -0.0400. The van der Waals surface area contributed by atoms with Crippen molar-refractivity contribution in [3.05, 3.63) is 0 Å². The van der Waals surface area contributed by atoms with Gasteiger partial charge in [0.25, 0.3) is 0 Å². The van der Waals surface area contributed by atoms with Crippen molar-refractivity contribution in [3.8, 4) is 0 Å². The van der Waals surface area contributed by atoms with E-state index < -0.39 is 0 Å². The fraction of sp³-hybridized carbons (Fsp3) is 1.00. The van der Waals surface area contributed by atoms with Crippen LogP contribution in [0, 0.1) is 5.41 Å². The number of hydrogen-bond acceptors (Lipinski definition) is 1. The summed E-state index contributed by atoms with van der Waals surface area (Å²) in [5, 5.41) is 0. The molecule has 1 heterocycles. The van der Waals surface area contributed by atoms with E-state index in [0.29, 0.717) is 5.41 Å². The fourth-order valence-electron chi connectivity index (χ4n) is 2.30. The lowest BCUT2D eigenvalue weighted by atomic mass is 9.84. The number of hydrogen-bond donors (Lipinski definition) is 0. The zero-order chi connectivity index (χ0) is 11.1. The molecule has 0 spiro atoms. The van der Waals surface area contributed by atoms with Gasteiger partial charge in [0.1, 0.15) is 0 Å². The van der Waals surface area contributed by atoms with Crippen LogP contribution < -0.4 is 0 Å². The van der Waals surface area contributed by atoms with Gasteiger partial charge in [-0.1, -0.05) is 40.0 Å².